The molecule has 5 rings (SSSR count). The van der Waals surface area contributed by atoms with Gasteiger partial charge in [-0.1, -0.05) is 56.0 Å². The lowest BCUT2D eigenvalue weighted by atomic mass is 9.84. The van der Waals surface area contributed by atoms with Crippen LogP contribution in [0.1, 0.15) is 49.7 Å². The number of aryl methyl sites for hydroxylation is 1. The van der Waals surface area contributed by atoms with Gasteiger partial charge in [-0.05, 0) is 43.5 Å². The van der Waals surface area contributed by atoms with E-state index in [0.29, 0.717) is 25.4 Å². The molecular weight excluding hydrogens is 478 g/mol. The molecule has 1 saturated carbocycles. The molecule has 2 aromatic carbocycles. The number of hydrogen-bond donors (Lipinski definition) is 2. The van der Waals surface area contributed by atoms with Crippen molar-refractivity contribution in [2.75, 3.05) is 49.6 Å². The van der Waals surface area contributed by atoms with E-state index >= 15 is 0 Å². The Balaban J connectivity index is 1.49. The summed E-state index contributed by atoms with van der Waals surface area (Å²) in [5.74, 6) is -0.240. The van der Waals surface area contributed by atoms with Crippen LogP contribution in [-0.4, -0.2) is 68.1 Å². The number of nitrogens with zero attached hydrogens (tertiary/aromatic N) is 3. The molecule has 8 nitrogen and oxygen atoms in total. The fourth-order valence-corrected chi connectivity index (χ4v) is 5.90. The Morgan fingerprint density at radius 3 is 2.55 bits per heavy atom. The van der Waals surface area contributed by atoms with Crippen LogP contribution in [-0.2, 0) is 9.53 Å². The summed E-state index contributed by atoms with van der Waals surface area (Å²) in [6, 6.07) is 15.1. The van der Waals surface area contributed by atoms with E-state index in [2.05, 4.69) is 15.5 Å². The van der Waals surface area contributed by atoms with Crippen LogP contribution in [0.4, 0.5) is 16.2 Å². The first-order valence-corrected chi connectivity index (χ1v) is 14.0. The van der Waals surface area contributed by atoms with Gasteiger partial charge < -0.3 is 20.3 Å². The number of fused-ring (bicyclic) bond motifs is 1. The lowest BCUT2D eigenvalue weighted by molar-refractivity contribution is -0.126. The smallest absolute Gasteiger partial charge is 0.321 e. The van der Waals surface area contributed by atoms with Gasteiger partial charge in [-0.2, -0.15) is 0 Å². The van der Waals surface area contributed by atoms with Crippen LogP contribution in [0, 0.1) is 12.8 Å². The zero-order valence-electron chi connectivity index (χ0n) is 22.3. The third-order valence-corrected chi connectivity index (χ3v) is 7.98. The third-order valence-electron chi connectivity index (χ3n) is 7.98. The van der Waals surface area contributed by atoms with E-state index in [0.717, 1.165) is 75.0 Å². The summed E-state index contributed by atoms with van der Waals surface area (Å²) in [7, 11) is 0. The van der Waals surface area contributed by atoms with Crippen molar-refractivity contribution in [3.05, 3.63) is 59.7 Å². The lowest BCUT2D eigenvalue weighted by Crippen LogP contribution is -2.63. The molecule has 0 bridgehead atoms. The highest BCUT2D eigenvalue weighted by Crippen LogP contribution is 2.37. The van der Waals surface area contributed by atoms with Crippen molar-refractivity contribution < 1.29 is 14.3 Å². The van der Waals surface area contributed by atoms with Crippen LogP contribution in [0.3, 0.4) is 0 Å². The number of benzene rings is 2. The molecule has 0 spiro atoms. The highest BCUT2D eigenvalue weighted by Gasteiger charge is 2.50. The normalized spacial score (nSPS) is 22.9. The molecule has 2 N–H and O–H groups in total. The molecule has 0 aromatic heterocycles. The Bertz CT molecular complexity index is 1150. The predicted molar refractivity (Wildman–Crippen MR) is 151 cm³/mol. The molecule has 1 atom stereocenters. The van der Waals surface area contributed by atoms with Crippen LogP contribution in [0.5, 0.6) is 0 Å². The van der Waals surface area contributed by atoms with Crippen LogP contribution in [0.15, 0.2) is 53.5 Å². The van der Waals surface area contributed by atoms with Gasteiger partial charge >= 0.3 is 6.03 Å². The summed E-state index contributed by atoms with van der Waals surface area (Å²) in [6.45, 7) is 6.37. The van der Waals surface area contributed by atoms with Crippen LogP contribution in [0.2, 0.25) is 0 Å². The van der Waals surface area contributed by atoms with E-state index < -0.39 is 11.7 Å². The van der Waals surface area contributed by atoms with Crippen molar-refractivity contribution in [3.8, 4) is 0 Å². The largest absolute Gasteiger partial charge is 0.379 e. The van der Waals surface area contributed by atoms with Gasteiger partial charge in [-0.15, -0.1) is 0 Å². The summed E-state index contributed by atoms with van der Waals surface area (Å²) in [5, 5.41) is 6.07. The fourth-order valence-electron chi connectivity index (χ4n) is 5.90. The predicted octanol–water partition coefficient (Wildman–Crippen LogP) is 4.58. The number of ether oxygens (including phenoxy) is 1. The molecule has 38 heavy (non-hydrogen) atoms. The Morgan fingerprint density at radius 1 is 1.03 bits per heavy atom. The maximum atomic E-state index is 14.7. The van der Waals surface area contributed by atoms with Gasteiger partial charge in [0.15, 0.2) is 0 Å². The average Bonchev–Trinajstić information content (AvgIpc) is 3.27. The number of carbonyl (C=O) groups excluding carboxylic acids is 2. The van der Waals surface area contributed by atoms with E-state index in [9.17, 15) is 9.59 Å². The Hall–Kier alpha value is -3.23. The molecule has 2 heterocycles. The molecule has 3 amide bonds. The monoisotopic (exact) mass is 517 g/mol. The molecule has 2 fully saturated rings. The number of urea groups is 1. The van der Waals surface area contributed by atoms with E-state index in [1.165, 1.54) is 0 Å². The maximum Gasteiger partial charge on any atom is 0.321 e. The van der Waals surface area contributed by atoms with Crippen molar-refractivity contribution in [2.45, 2.75) is 51.1 Å². The molecule has 8 heteroatoms. The zero-order chi connectivity index (χ0) is 26.4. The van der Waals surface area contributed by atoms with E-state index in [4.69, 9.17) is 9.73 Å². The number of para-hydroxylation sites is 1. The van der Waals surface area contributed by atoms with Gasteiger partial charge in [-0.25, -0.2) is 4.79 Å². The minimum absolute atomic E-state index is 0.0859. The Labute approximate surface area is 225 Å². The standard InChI is InChI=1S/C30H39N5O3/c1-23-9-8-13-26(21-23)32-29(37)33-30(25-11-4-2-3-5-12-25)28(36)35(16-15-34-17-19-38-20-18-34)27-14-7-6-10-24(27)22-31-30/h6-10,13-14,21-22,25H,2-5,11-12,15-20H2,1H3,(H2,32,33,37). The van der Waals surface area contributed by atoms with Gasteiger partial charge in [0, 0.05) is 49.6 Å². The molecule has 1 aliphatic carbocycles. The second-order valence-electron chi connectivity index (χ2n) is 10.6. The molecule has 2 aromatic rings. The molecule has 0 radical (unpaired) electrons. The molecule has 2 aliphatic heterocycles. The van der Waals surface area contributed by atoms with Gasteiger partial charge in [0.05, 0.1) is 18.9 Å². The SMILES string of the molecule is Cc1cccc(NC(=O)NC2(C3CCCCCC3)N=Cc3ccccc3N(CCN3CCOCC3)C2=O)c1. The summed E-state index contributed by atoms with van der Waals surface area (Å²) in [5.41, 5.74) is 2.10. The van der Waals surface area contributed by atoms with Crippen molar-refractivity contribution in [1.29, 1.82) is 0 Å². The number of rotatable bonds is 6. The summed E-state index contributed by atoms with van der Waals surface area (Å²) in [6.07, 6.45) is 7.82. The quantitative estimate of drug-likeness (QED) is 0.549. The van der Waals surface area contributed by atoms with Crippen LogP contribution < -0.4 is 15.5 Å². The highest BCUT2D eigenvalue weighted by atomic mass is 16.5. The fraction of sp³-hybridized carbons (Fsp3) is 0.500. The van der Waals surface area contributed by atoms with Crippen molar-refractivity contribution in [1.82, 2.24) is 10.2 Å². The van der Waals surface area contributed by atoms with Gasteiger partial charge in [0.2, 0.25) is 5.66 Å². The first-order valence-electron chi connectivity index (χ1n) is 14.0. The molecule has 1 saturated heterocycles. The first kappa shape index (κ1) is 26.4. The Morgan fingerprint density at radius 2 is 1.79 bits per heavy atom. The first-order chi connectivity index (χ1) is 18.5. The van der Waals surface area contributed by atoms with Gasteiger partial charge in [-0.3, -0.25) is 14.7 Å². The number of hydrogen-bond acceptors (Lipinski definition) is 5. The summed E-state index contributed by atoms with van der Waals surface area (Å²) < 4.78 is 5.52. The van der Waals surface area contributed by atoms with E-state index in [1.807, 2.05) is 60.4 Å². The molecule has 3 aliphatic rings. The van der Waals surface area contributed by atoms with Gasteiger partial charge in [0.25, 0.3) is 5.91 Å². The molecular formula is C30H39N5O3. The zero-order valence-corrected chi connectivity index (χ0v) is 22.3. The molecule has 202 valence electrons. The number of carbonyl (C=O) groups is 2. The Kier molecular flexibility index (Phi) is 8.39. The maximum absolute atomic E-state index is 14.7. The number of nitrogens with one attached hydrogen (secondary N) is 2. The van der Waals surface area contributed by atoms with Gasteiger partial charge in [0.1, 0.15) is 0 Å². The third kappa shape index (κ3) is 5.92. The second kappa shape index (κ2) is 12.1. The lowest BCUT2D eigenvalue weighted by Gasteiger charge is -2.39. The summed E-state index contributed by atoms with van der Waals surface area (Å²) >= 11 is 0. The minimum atomic E-state index is -1.37. The van der Waals surface area contributed by atoms with Crippen molar-refractivity contribution in [2.24, 2.45) is 10.9 Å². The van der Waals surface area contributed by atoms with Crippen molar-refractivity contribution in [3.63, 3.8) is 0 Å². The highest BCUT2D eigenvalue weighted by molar-refractivity contribution is 6.09. The number of amides is 3. The van der Waals surface area contributed by atoms with Crippen molar-refractivity contribution >= 4 is 29.5 Å². The number of aliphatic imine (C=N–C) groups is 1. The van der Waals surface area contributed by atoms with Crippen LogP contribution in [0.25, 0.3) is 0 Å². The number of morpholine rings is 1. The summed E-state index contributed by atoms with van der Waals surface area (Å²) in [4.78, 5) is 37.3. The number of anilines is 2. The number of benzodiazepines with no additional fused rings is 1. The average molecular weight is 518 g/mol. The van der Waals surface area contributed by atoms with E-state index in [-0.39, 0.29) is 11.8 Å². The topological polar surface area (TPSA) is 86.3 Å². The second-order valence-corrected chi connectivity index (χ2v) is 10.6. The van der Waals surface area contributed by atoms with E-state index in [1.54, 1.807) is 6.21 Å². The molecule has 1 unspecified atom stereocenters. The van der Waals surface area contributed by atoms with Crippen LogP contribution >= 0.6 is 0 Å². The minimum Gasteiger partial charge on any atom is -0.379 e.